The van der Waals surface area contributed by atoms with E-state index in [2.05, 4.69) is 60.9 Å². The molecule has 1 spiro atoms. The average molecular weight is 463 g/mol. The fourth-order valence-corrected chi connectivity index (χ4v) is 6.07. The van der Waals surface area contributed by atoms with Gasteiger partial charge >= 0.3 is 0 Å². The standard InChI is InChI=1S/C26H34N6S/c1-30-24(22-8-3-2-4-9-22)28-29-25(30)33-21-7-16-31-17-11-26(12-18-31)13-19-32(20-14-26)23-10-5-6-15-27-23/h2-6,8-10,15H,7,11-14,16-21H2,1H3. The topological polar surface area (TPSA) is 50.1 Å². The van der Waals surface area contributed by atoms with Crippen molar-refractivity contribution in [1.82, 2.24) is 24.6 Å². The molecule has 7 heteroatoms. The number of anilines is 1. The third-order valence-corrected chi connectivity index (χ3v) is 8.54. The first-order valence-corrected chi connectivity index (χ1v) is 13.2. The molecular weight excluding hydrogens is 428 g/mol. The van der Waals surface area contributed by atoms with Gasteiger partial charge in [0.1, 0.15) is 5.82 Å². The molecule has 2 aromatic heterocycles. The Morgan fingerprint density at radius 2 is 1.61 bits per heavy atom. The summed E-state index contributed by atoms with van der Waals surface area (Å²) in [5.41, 5.74) is 1.68. The van der Waals surface area contributed by atoms with Gasteiger partial charge in [-0.25, -0.2) is 4.98 Å². The molecule has 4 heterocycles. The van der Waals surface area contributed by atoms with Crippen LogP contribution in [-0.2, 0) is 7.05 Å². The Morgan fingerprint density at radius 1 is 0.879 bits per heavy atom. The van der Waals surface area contributed by atoms with Gasteiger partial charge in [-0.05, 0) is 69.3 Å². The number of pyridine rings is 1. The predicted octanol–water partition coefficient (Wildman–Crippen LogP) is 4.74. The quantitative estimate of drug-likeness (QED) is 0.373. The van der Waals surface area contributed by atoms with Crippen LogP contribution >= 0.6 is 11.8 Å². The fourth-order valence-electron chi connectivity index (χ4n) is 5.23. The van der Waals surface area contributed by atoms with Crippen molar-refractivity contribution in [3.8, 4) is 11.4 Å². The Morgan fingerprint density at radius 3 is 2.33 bits per heavy atom. The minimum Gasteiger partial charge on any atom is -0.357 e. The third-order valence-electron chi connectivity index (χ3n) is 7.43. The molecule has 0 saturated carbocycles. The van der Waals surface area contributed by atoms with Gasteiger partial charge in [-0.2, -0.15) is 0 Å². The molecule has 3 aromatic rings. The number of rotatable bonds is 7. The molecule has 5 rings (SSSR count). The monoisotopic (exact) mass is 462 g/mol. The van der Waals surface area contributed by atoms with Gasteiger partial charge < -0.3 is 14.4 Å². The highest BCUT2D eigenvalue weighted by atomic mass is 32.2. The third kappa shape index (κ3) is 5.25. The van der Waals surface area contributed by atoms with E-state index in [1.54, 1.807) is 0 Å². The van der Waals surface area contributed by atoms with Gasteiger partial charge in [0.05, 0.1) is 0 Å². The Hall–Kier alpha value is -2.38. The highest BCUT2D eigenvalue weighted by Gasteiger charge is 2.37. The summed E-state index contributed by atoms with van der Waals surface area (Å²) < 4.78 is 2.11. The Labute approximate surface area is 201 Å². The minimum absolute atomic E-state index is 0.559. The van der Waals surface area contributed by atoms with E-state index in [0.717, 1.165) is 41.2 Å². The van der Waals surface area contributed by atoms with E-state index >= 15 is 0 Å². The molecule has 0 atom stereocenters. The second kappa shape index (κ2) is 10.3. The number of thioether (sulfide) groups is 1. The number of hydrogen-bond acceptors (Lipinski definition) is 6. The van der Waals surface area contributed by atoms with Gasteiger partial charge in [-0.15, -0.1) is 10.2 Å². The second-order valence-electron chi connectivity index (χ2n) is 9.45. The highest BCUT2D eigenvalue weighted by molar-refractivity contribution is 7.99. The summed E-state index contributed by atoms with van der Waals surface area (Å²) in [6.07, 6.45) is 8.41. The van der Waals surface area contributed by atoms with Crippen molar-refractivity contribution in [2.24, 2.45) is 12.5 Å². The highest BCUT2D eigenvalue weighted by Crippen LogP contribution is 2.42. The summed E-state index contributed by atoms with van der Waals surface area (Å²) in [6.45, 7) is 5.98. The molecule has 2 aliphatic heterocycles. The van der Waals surface area contributed by atoms with E-state index in [1.165, 1.54) is 51.7 Å². The van der Waals surface area contributed by atoms with Crippen molar-refractivity contribution in [2.75, 3.05) is 43.4 Å². The zero-order valence-corrected chi connectivity index (χ0v) is 20.4. The number of hydrogen-bond donors (Lipinski definition) is 0. The summed E-state index contributed by atoms with van der Waals surface area (Å²) in [7, 11) is 2.06. The van der Waals surface area contributed by atoms with Crippen LogP contribution in [0.1, 0.15) is 32.1 Å². The maximum Gasteiger partial charge on any atom is 0.191 e. The first-order chi connectivity index (χ1) is 16.2. The zero-order valence-electron chi connectivity index (χ0n) is 19.6. The van der Waals surface area contributed by atoms with Gasteiger partial charge in [0.2, 0.25) is 0 Å². The number of likely N-dealkylation sites (tertiary alicyclic amines) is 1. The number of aromatic nitrogens is 4. The molecule has 1 aromatic carbocycles. The van der Waals surface area contributed by atoms with E-state index in [9.17, 15) is 0 Å². The van der Waals surface area contributed by atoms with E-state index < -0.39 is 0 Å². The minimum atomic E-state index is 0.559. The molecule has 174 valence electrons. The van der Waals surface area contributed by atoms with Crippen molar-refractivity contribution in [3.05, 3.63) is 54.7 Å². The summed E-state index contributed by atoms with van der Waals surface area (Å²) in [5.74, 6) is 3.16. The van der Waals surface area contributed by atoms with Gasteiger partial charge in [-0.3, -0.25) is 0 Å². The number of nitrogens with zero attached hydrogens (tertiary/aromatic N) is 6. The Bertz CT molecular complexity index is 1000. The molecule has 0 radical (unpaired) electrons. The summed E-state index contributed by atoms with van der Waals surface area (Å²) >= 11 is 1.82. The molecule has 0 N–H and O–H groups in total. The Kier molecular flexibility index (Phi) is 6.97. The summed E-state index contributed by atoms with van der Waals surface area (Å²) in [4.78, 5) is 9.67. The molecule has 2 fully saturated rings. The maximum absolute atomic E-state index is 4.54. The molecule has 0 bridgehead atoms. The normalized spacial score (nSPS) is 18.6. The number of benzene rings is 1. The van der Waals surface area contributed by atoms with Crippen molar-refractivity contribution in [1.29, 1.82) is 0 Å². The van der Waals surface area contributed by atoms with Crippen LogP contribution in [0.5, 0.6) is 0 Å². The fraction of sp³-hybridized carbons (Fsp3) is 0.500. The van der Waals surface area contributed by atoms with E-state index in [4.69, 9.17) is 0 Å². The van der Waals surface area contributed by atoms with Crippen molar-refractivity contribution >= 4 is 17.6 Å². The van der Waals surface area contributed by atoms with Crippen LogP contribution in [0, 0.1) is 5.41 Å². The molecule has 0 unspecified atom stereocenters. The molecule has 2 saturated heterocycles. The lowest BCUT2D eigenvalue weighted by atomic mass is 9.71. The van der Waals surface area contributed by atoms with Gasteiger partial charge in [0.15, 0.2) is 11.0 Å². The first kappa shape index (κ1) is 22.4. The van der Waals surface area contributed by atoms with Crippen LogP contribution in [0.4, 0.5) is 5.82 Å². The van der Waals surface area contributed by atoms with Crippen LogP contribution in [-0.4, -0.2) is 63.1 Å². The van der Waals surface area contributed by atoms with Crippen LogP contribution in [0.3, 0.4) is 0 Å². The van der Waals surface area contributed by atoms with Crippen LogP contribution in [0.2, 0.25) is 0 Å². The maximum atomic E-state index is 4.54. The number of piperidine rings is 2. The summed E-state index contributed by atoms with van der Waals surface area (Å²) in [5, 5.41) is 9.82. The molecule has 0 aliphatic carbocycles. The lowest BCUT2D eigenvalue weighted by Crippen LogP contribution is -2.47. The lowest BCUT2D eigenvalue weighted by Gasteiger charge is -2.47. The second-order valence-corrected chi connectivity index (χ2v) is 10.5. The molecule has 0 amide bonds. The van der Waals surface area contributed by atoms with E-state index in [0.29, 0.717) is 5.41 Å². The van der Waals surface area contributed by atoms with E-state index in [-0.39, 0.29) is 0 Å². The lowest BCUT2D eigenvalue weighted by molar-refractivity contribution is 0.0801. The van der Waals surface area contributed by atoms with Crippen molar-refractivity contribution in [3.63, 3.8) is 0 Å². The van der Waals surface area contributed by atoms with Crippen molar-refractivity contribution in [2.45, 2.75) is 37.3 Å². The first-order valence-electron chi connectivity index (χ1n) is 12.2. The van der Waals surface area contributed by atoms with Gasteiger partial charge in [0.25, 0.3) is 0 Å². The SMILES string of the molecule is Cn1c(SCCCN2CCC3(CC2)CCN(c2ccccn2)CC3)nnc1-c1ccccc1. The molecule has 33 heavy (non-hydrogen) atoms. The Balaban J connectivity index is 1.03. The smallest absolute Gasteiger partial charge is 0.191 e. The summed E-state index contributed by atoms with van der Waals surface area (Å²) in [6, 6.07) is 16.5. The van der Waals surface area contributed by atoms with Crippen LogP contribution in [0.15, 0.2) is 59.9 Å². The molecule has 2 aliphatic rings. The van der Waals surface area contributed by atoms with Gasteiger partial charge in [0, 0.05) is 37.7 Å². The zero-order chi connectivity index (χ0) is 22.5. The molecule has 6 nitrogen and oxygen atoms in total. The van der Waals surface area contributed by atoms with Crippen LogP contribution < -0.4 is 4.90 Å². The van der Waals surface area contributed by atoms with Crippen LogP contribution in [0.25, 0.3) is 11.4 Å². The van der Waals surface area contributed by atoms with Crippen molar-refractivity contribution < 1.29 is 0 Å². The van der Waals surface area contributed by atoms with Gasteiger partial charge in [-0.1, -0.05) is 48.2 Å². The predicted molar refractivity (Wildman–Crippen MR) is 136 cm³/mol. The largest absolute Gasteiger partial charge is 0.357 e. The van der Waals surface area contributed by atoms with E-state index in [1.807, 2.05) is 42.2 Å². The average Bonchev–Trinajstić information content (AvgIpc) is 3.25. The molecular formula is C26H34N6S.